The smallest absolute Gasteiger partial charge is 0.307 e. The third-order valence-corrected chi connectivity index (χ3v) is 3.67. The second kappa shape index (κ2) is 6.80. The van der Waals surface area contributed by atoms with E-state index in [4.69, 9.17) is 14.2 Å². The van der Waals surface area contributed by atoms with Gasteiger partial charge >= 0.3 is 5.97 Å². The summed E-state index contributed by atoms with van der Waals surface area (Å²) < 4.78 is 16.0. The minimum atomic E-state index is -0.487. The van der Waals surface area contributed by atoms with Gasteiger partial charge < -0.3 is 19.5 Å². The average Bonchev–Trinajstić information content (AvgIpc) is 2.52. The number of nitrogens with one attached hydrogen (secondary N) is 1. The SMILES string of the molecule is CCCNC(C)(CC(=O)OC)c1ccc2c(c1)OCCO2. The predicted molar refractivity (Wildman–Crippen MR) is 79.7 cm³/mol. The number of carbonyl (C=O) groups is 1. The third-order valence-electron chi connectivity index (χ3n) is 3.67. The van der Waals surface area contributed by atoms with Crippen LogP contribution in [0.5, 0.6) is 11.5 Å². The van der Waals surface area contributed by atoms with Gasteiger partial charge in [-0.1, -0.05) is 13.0 Å². The van der Waals surface area contributed by atoms with Crippen LogP contribution in [0.25, 0.3) is 0 Å². The Bertz CT molecular complexity index is 503. The first kappa shape index (κ1) is 15.6. The van der Waals surface area contributed by atoms with Crippen LogP contribution in [-0.2, 0) is 15.1 Å². The third kappa shape index (κ3) is 3.67. The largest absolute Gasteiger partial charge is 0.486 e. The van der Waals surface area contributed by atoms with Crippen molar-refractivity contribution in [2.75, 3.05) is 26.9 Å². The molecule has 116 valence electrons. The maximum Gasteiger partial charge on any atom is 0.307 e. The van der Waals surface area contributed by atoms with Gasteiger partial charge in [-0.2, -0.15) is 0 Å². The molecule has 5 nitrogen and oxygen atoms in total. The molecule has 0 aliphatic carbocycles. The zero-order valence-electron chi connectivity index (χ0n) is 12.9. The molecule has 0 spiro atoms. The molecule has 1 atom stereocenters. The molecule has 0 radical (unpaired) electrons. The van der Waals surface area contributed by atoms with Crippen LogP contribution in [-0.4, -0.2) is 32.8 Å². The van der Waals surface area contributed by atoms with Gasteiger partial charge in [0.05, 0.1) is 19.1 Å². The molecule has 1 aliphatic rings. The summed E-state index contributed by atoms with van der Waals surface area (Å²) >= 11 is 0. The van der Waals surface area contributed by atoms with Crippen molar-refractivity contribution >= 4 is 5.97 Å². The summed E-state index contributed by atoms with van der Waals surface area (Å²) in [4.78, 5) is 11.7. The summed E-state index contributed by atoms with van der Waals surface area (Å²) in [6, 6.07) is 5.81. The van der Waals surface area contributed by atoms with Crippen molar-refractivity contribution < 1.29 is 19.0 Å². The minimum absolute atomic E-state index is 0.240. The van der Waals surface area contributed by atoms with Gasteiger partial charge in [0, 0.05) is 0 Å². The van der Waals surface area contributed by atoms with Gasteiger partial charge in [-0.3, -0.25) is 4.79 Å². The van der Waals surface area contributed by atoms with Crippen LogP contribution >= 0.6 is 0 Å². The maximum atomic E-state index is 11.7. The summed E-state index contributed by atoms with van der Waals surface area (Å²) in [5.74, 6) is 1.24. The molecule has 1 N–H and O–H groups in total. The van der Waals surface area contributed by atoms with Gasteiger partial charge in [-0.05, 0) is 37.6 Å². The predicted octanol–water partition coefficient (Wildman–Crippen LogP) is 2.24. The van der Waals surface area contributed by atoms with E-state index in [1.165, 1.54) is 7.11 Å². The lowest BCUT2D eigenvalue weighted by Crippen LogP contribution is -2.42. The number of rotatable bonds is 6. The quantitative estimate of drug-likeness (QED) is 0.815. The van der Waals surface area contributed by atoms with E-state index in [2.05, 4.69) is 12.2 Å². The van der Waals surface area contributed by atoms with Crippen LogP contribution < -0.4 is 14.8 Å². The van der Waals surface area contributed by atoms with Crippen LogP contribution in [0.15, 0.2) is 18.2 Å². The van der Waals surface area contributed by atoms with Gasteiger partial charge in [0.15, 0.2) is 11.5 Å². The van der Waals surface area contributed by atoms with E-state index in [1.54, 1.807) is 0 Å². The van der Waals surface area contributed by atoms with Crippen molar-refractivity contribution in [1.82, 2.24) is 5.32 Å². The fourth-order valence-corrected chi connectivity index (χ4v) is 2.41. The van der Waals surface area contributed by atoms with E-state index in [0.717, 1.165) is 30.0 Å². The lowest BCUT2D eigenvalue weighted by atomic mass is 9.88. The van der Waals surface area contributed by atoms with Gasteiger partial charge in [0.25, 0.3) is 0 Å². The lowest BCUT2D eigenvalue weighted by Gasteiger charge is -2.31. The highest BCUT2D eigenvalue weighted by molar-refractivity contribution is 5.71. The fraction of sp³-hybridized carbons (Fsp3) is 0.562. The normalized spacial score (nSPS) is 16.1. The van der Waals surface area contributed by atoms with E-state index >= 15 is 0 Å². The monoisotopic (exact) mass is 293 g/mol. The fourth-order valence-electron chi connectivity index (χ4n) is 2.41. The van der Waals surface area contributed by atoms with Crippen LogP contribution in [0.2, 0.25) is 0 Å². The van der Waals surface area contributed by atoms with E-state index in [-0.39, 0.29) is 12.4 Å². The van der Waals surface area contributed by atoms with Crippen molar-refractivity contribution in [3.05, 3.63) is 23.8 Å². The number of fused-ring (bicyclic) bond motifs is 1. The Morgan fingerprint density at radius 1 is 1.33 bits per heavy atom. The van der Waals surface area contributed by atoms with Crippen molar-refractivity contribution in [2.24, 2.45) is 0 Å². The number of benzene rings is 1. The zero-order valence-corrected chi connectivity index (χ0v) is 12.9. The summed E-state index contributed by atoms with van der Waals surface area (Å²) in [5, 5.41) is 3.44. The van der Waals surface area contributed by atoms with Crippen LogP contribution in [0, 0.1) is 0 Å². The Hall–Kier alpha value is -1.75. The Balaban J connectivity index is 2.28. The number of hydrogen-bond acceptors (Lipinski definition) is 5. The standard InChI is InChI=1S/C16H23NO4/c1-4-7-17-16(2,11-15(18)19-3)12-5-6-13-14(10-12)21-9-8-20-13/h5-6,10,17H,4,7-9,11H2,1-3H3. The molecule has 5 heteroatoms. The van der Waals surface area contributed by atoms with Crippen LogP contribution in [0.4, 0.5) is 0 Å². The second-order valence-corrected chi connectivity index (χ2v) is 5.37. The molecule has 1 aliphatic heterocycles. The molecular formula is C16H23NO4. The first-order valence-electron chi connectivity index (χ1n) is 7.31. The van der Waals surface area contributed by atoms with Crippen molar-refractivity contribution in [3.63, 3.8) is 0 Å². The van der Waals surface area contributed by atoms with Crippen molar-refractivity contribution in [3.8, 4) is 11.5 Å². The first-order valence-corrected chi connectivity index (χ1v) is 7.31. The summed E-state index contributed by atoms with van der Waals surface area (Å²) in [6.45, 7) is 6.04. The van der Waals surface area contributed by atoms with Crippen molar-refractivity contribution in [2.45, 2.75) is 32.2 Å². The Morgan fingerprint density at radius 3 is 2.71 bits per heavy atom. The molecule has 0 bridgehead atoms. The van der Waals surface area contributed by atoms with Crippen LogP contribution in [0.1, 0.15) is 32.3 Å². The van der Waals surface area contributed by atoms with E-state index < -0.39 is 5.54 Å². The minimum Gasteiger partial charge on any atom is -0.486 e. The molecule has 1 heterocycles. The van der Waals surface area contributed by atoms with Gasteiger partial charge in [0.1, 0.15) is 13.2 Å². The zero-order chi connectivity index (χ0) is 15.3. The molecular weight excluding hydrogens is 270 g/mol. The van der Waals surface area contributed by atoms with E-state index in [1.807, 2.05) is 25.1 Å². The topological polar surface area (TPSA) is 56.8 Å². The van der Waals surface area contributed by atoms with Crippen LogP contribution in [0.3, 0.4) is 0 Å². The summed E-state index contributed by atoms with van der Waals surface area (Å²) in [5.41, 5.74) is 0.504. The summed E-state index contributed by atoms with van der Waals surface area (Å²) in [7, 11) is 1.41. The Labute approximate surface area is 125 Å². The average molecular weight is 293 g/mol. The number of hydrogen-bond donors (Lipinski definition) is 1. The first-order chi connectivity index (χ1) is 10.1. The molecule has 0 aromatic heterocycles. The molecule has 0 saturated heterocycles. The molecule has 1 unspecified atom stereocenters. The number of carbonyl (C=O) groups excluding carboxylic acids is 1. The van der Waals surface area contributed by atoms with E-state index in [9.17, 15) is 4.79 Å². The van der Waals surface area contributed by atoms with Gasteiger partial charge in [-0.15, -0.1) is 0 Å². The van der Waals surface area contributed by atoms with Crippen molar-refractivity contribution in [1.29, 1.82) is 0 Å². The lowest BCUT2D eigenvalue weighted by molar-refractivity contribution is -0.142. The number of methoxy groups -OCH3 is 1. The molecule has 1 aromatic carbocycles. The second-order valence-electron chi connectivity index (χ2n) is 5.37. The highest BCUT2D eigenvalue weighted by atomic mass is 16.6. The Morgan fingerprint density at radius 2 is 2.05 bits per heavy atom. The maximum absolute atomic E-state index is 11.7. The van der Waals surface area contributed by atoms with E-state index in [0.29, 0.717) is 13.2 Å². The molecule has 0 saturated carbocycles. The molecule has 2 rings (SSSR count). The highest BCUT2D eigenvalue weighted by Crippen LogP contribution is 2.35. The Kier molecular flexibility index (Phi) is 5.07. The number of ether oxygens (including phenoxy) is 3. The van der Waals surface area contributed by atoms with Gasteiger partial charge in [-0.25, -0.2) is 0 Å². The number of esters is 1. The molecule has 1 aromatic rings. The molecule has 0 amide bonds. The van der Waals surface area contributed by atoms with Gasteiger partial charge in [0.2, 0.25) is 0 Å². The summed E-state index contributed by atoms with van der Waals surface area (Å²) in [6.07, 6.45) is 1.25. The highest BCUT2D eigenvalue weighted by Gasteiger charge is 2.30. The molecule has 0 fully saturated rings. The molecule has 21 heavy (non-hydrogen) atoms.